The number of hydrogen-bond acceptors (Lipinski definition) is 1. The molecular weight excluding hydrogens is 665 g/mol. The van der Waals surface area contributed by atoms with Crippen molar-refractivity contribution in [2.45, 2.75) is 0 Å². The van der Waals surface area contributed by atoms with Gasteiger partial charge in [0, 0.05) is 21.9 Å². The van der Waals surface area contributed by atoms with Crippen molar-refractivity contribution in [2.24, 2.45) is 0 Å². The van der Waals surface area contributed by atoms with E-state index in [1.807, 2.05) is 0 Å². The lowest BCUT2D eigenvalue weighted by Crippen LogP contribution is -1.94. The van der Waals surface area contributed by atoms with E-state index in [1.165, 1.54) is 93.5 Å². The van der Waals surface area contributed by atoms with Crippen LogP contribution in [-0.2, 0) is 0 Å². The van der Waals surface area contributed by atoms with E-state index in [0.717, 1.165) is 27.5 Å². The van der Waals surface area contributed by atoms with Crippen LogP contribution in [0.15, 0.2) is 199 Å². The van der Waals surface area contributed by atoms with Gasteiger partial charge in [-0.3, -0.25) is 0 Å². The Morgan fingerprint density at radius 1 is 0.255 bits per heavy atom. The van der Waals surface area contributed by atoms with Gasteiger partial charge in [0.1, 0.15) is 11.2 Å². The first-order chi connectivity index (χ1) is 27.3. The highest BCUT2D eigenvalue weighted by Crippen LogP contribution is 2.52. The molecule has 0 bridgehead atoms. The first-order valence-corrected chi connectivity index (χ1v) is 19.0. The van der Waals surface area contributed by atoms with Gasteiger partial charge in [-0.2, -0.15) is 0 Å². The van der Waals surface area contributed by atoms with Crippen LogP contribution < -0.4 is 0 Å². The molecule has 254 valence electrons. The number of furan rings is 1. The minimum Gasteiger partial charge on any atom is -0.455 e. The van der Waals surface area contributed by atoms with Gasteiger partial charge in [-0.15, -0.1) is 0 Å². The van der Waals surface area contributed by atoms with Gasteiger partial charge in [0.15, 0.2) is 0 Å². The van der Waals surface area contributed by atoms with Crippen LogP contribution in [0.5, 0.6) is 0 Å². The molecule has 0 N–H and O–H groups in total. The zero-order valence-corrected chi connectivity index (χ0v) is 29.9. The monoisotopic (exact) mass is 696 g/mol. The summed E-state index contributed by atoms with van der Waals surface area (Å²) in [5.41, 5.74) is 16.7. The number of fused-ring (bicyclic) bond motifs is 8. The van der Waals surface area contributed by atoms with Gasteiger partial charge in [0.25, 0.3) is 0 Å². The fourth-order valence-corrected chi connectivity index (χ4v) is 9.50. The second-order valence-electron chi connectivity index (χ2n) is 14.7. The Hall–Kier alpha value is -7.22. The summed E-state index contributed by atoms with van der Waals surface area (Å²) in [6.07, 6.45) is 0. The predicted molar refractivity (Wildman–Crippen MR) is 232 cm³/mol. The van der Waals surface area contributed by atoms with Gasteiger partial charge in [0.05, 0.1) is 0 Å². The third-order valence-electron chi connectivity index (χ3n) is 11.8. The van der Waals surface area contributed by atoms with Crippen molar-refractivity contribution < 1.29 is 4.42 Å². The lowest BCUT2D eigenvalue weighted by Gasteiger charge is -2.21. The van der Waals surface area contributed by atoms with E-state index in [-0.39, 0.29) is 0 Å². The zero-order valence-electron chi connectivity index (χ0n) is 29.9. The maximum Gasteiger partial charge on any atom is 0.143 e. The van der Waals surface area contributed by atoms with Crippen LogP contribution >= 0.6 is 0 Å². The van der Waals surface area contributed by atoms with Crippen molar-refractivity contribution in [3.8, 4) is 66.8 Å². The Labute approximate surface area is 318 Å². The molecule has 0 spiro atoms. The molecule has 0 radical (unpaired) electrons. The van der Waals surface area contributed by atoms with Crippen LogP contribution in [0.2, 0.25) is 0 Å². The first kappa shape index (κ1) is 30.3. The zero-order chi connectivity index (χ0) is 36.0. The lowest BCUT2D eigenvalue weighted by atomic mass is 9.82. The van der Waals surface area contributed by atoms with Crippen LogP contribution in [-0.4, -0.2) is 0 Å². The van der Waals surface area contributed by atoms with Crippen molar-refractivity contribution in [1.82, 2.24) is 0 Å². The number of hydrogen-bond donors (Lipinski definition) is 0. The van der Waals surface area contributed by atoms with Crippen molar-refractivity contribution >= 4 is 54.3 Å². The molecule has 0 unspecified atom stereocenters. The third-order valence-corrected chi connectivity index (χ3v) is 11.8. The number of benzene rings is 10. The predicted octanol–water partition coefficient (Wildman–Crippen LogP) is 15.4. The summed E-state index contributed by atoms with van der Waals surface area (Å²) in [5.74, 6) is 0. The molecule has 1 heteroatoms. The van der Waals surface area contributed by atoms with E-state index < -0.39 is 0 Å². The molecule has 0 aliphatic heterocycles. The van der Waals surface area contributed by atoms with Crippen LogP contribution in [0.4, 0.5) is 0 Å². The van der Waals surface area contributed by atoms with E-state index in [4.69, 9.17) is 4.42 Å². The van der Waals surface area contributed by atoms with Crippen molar-refractivity contribution in [3.63, 3.8) is 0 Å². The van der Waals surface area contributed by atoms with E-state index in [2.05, 4.69) is 194 Å². The van der Waals surface area contributed by atoms with Crippen molar-refractivity contribution in [3.05, 3.63) is 194 Å². The Morgan fingerprint density at radius 3 is 1.40 bits per heavy atom. The Balaban J connectivity index is 1.17. The summed E-state index contributed by atoms with van der Waals surface area (Å²) in [7, 11) is 0. The molecule has 1 aromatic heterocycles. The van der Waals surface area contributed by atoms with Crippen LogP contribution in [0.3, 0.4) is 0 Å². The second-order valence-corrected chi connectivity index (χ2v) is 14.7. The van der Waals surface area contributed by atoms with Gasteiger partial charge in [-0.25, -0.2) is 0 Å². The Bertz CT molecular complexity index is 3280. The highest BCUT2D eigenvalue weighted by Gasteiger charge is 2.25. The largest absolute Gasteiger partial charge is 0.455 e. The molecule has 12 rings (SSSR count). The molecule has 0 atom stereocenters. The van der Waals surface area contributed by atoms with Crippen LogP contribution in [0, 0.1) is 0 Å². The minimum atomic E-state index is 0.900. The van der Waals surface area contributed by atoms with E-state index in [0.29, 0.717) is 0 Å². The van der Waals surface area contributed by atoms with Gasteiger partial charge in [0.2, 0.25) is 0 Å². The molecule has 1 nitrogen and oxygen atoms in total. The lowest BCUT2D eigenvalue weighted by molar-refractivity contribution is 0.670. The molecule has 1 aliphatic rings. The molecule has 1 heterocycles. The van der Waals surface area contributed by atoms with Crippen LogP contribution in [0.1, 0.15) is 0 Å². The molecule has 55 heavy (non-hydrogen) atoms. The molecule has 10 aromatic carbocycles. The van der Waals surface area contributed by atoms with Gasteiger partial charge >= 0.3 is 0 Å². The molecule has 0 saturated carbocycles. The molecule has 0 amide bonds. The summed E-state index contributed by atoms with van der Waals surface area (Å²) in [6.45, 7) is 0. The van der Waals surface area contributed by atoms with E-state index >= 15 is 0 Å². The third kappa shape index (κ3) is 4.35. The summed E-state index contributed by atoms with van der Waals surface area (Å²) < 4.78 is 6.81. The topological polar surface area (TPSA) is 13.1 Å². The van der Waals surface area contributed by atoms with Crippen molar-refractivity contribution in [1.29, 1.82) is 0 Å². The van der Waals surface area contributed by atoms with Gasteiger partial charge in [-0.1, -0.05) is 176 Å². The van der Waals surface area contributed by atoms with Crippen LogP contribution in [0.25, 0.3) is 121 Å². The first-order valence-electron chi connectivity index (χ1n) is 19.0. The van der Waals surface area contributed by atoms with E-state index in [9.17, 15) is 0 Å². The summed E-state index contributed by atoms with van der Waals surface area (Å²) in [5, 5.41) is 9.73. The number of rotatable bonds is 4. The molecule has 0 saturated heterocycles. The molecule has 1 aliphatic carbocycles. The highest BCUT2D eigenvalue weighted by molar-refractivity contribution is 6.26. The molecule has 11 aromatic rings. The average molecular weight is 697 g/mol. The average Bonchev–Trinajstić information content (AvgIpc) is 3.80. The Morgan fingerprint density at radius 2 is 0.727 bits per heavy atom. The summed E-state index contributed by atoms with van der Waals surface area (Å²) in [6, 6.07) is 70.9. The maximum absolute atomic E-state index is 6.81. The normalized spacial score (nSPS) is 12.0. The number of para-hydroxylation sites is 1. The second kappa shape index (κ2) is 11.6. The SMILES string of the molecule is c1ccc(-c2cc(-c3c4ccccc4c(-c4ccccc4-c4ccc5c6c(cccc46)-c4ccccc4-5)c4ccccc34)c3oc4ccccc4c3c2)cc1. The summed E-state index contributed by atoms with van der Waals surface area (Å²) >= 11 is 0. The Kier molecular flexibility index (Phi) is 6.40. The smallest absolute Gasteiger partial charge is 0.143 e. The minimum absolute atomic E-state index is 0.900. The fraction of sp³-hybridized carbons (Fsp3) is 0. The molecule has 0 fully saturated rings. The van der Waals surface area contributed by atoms with Gasteiger partial charge in [-0.05, 0) is 106 Å². The quantitative estimate of drug-likeness (QED) is 0.167. The standard InChI is InChI=1S/C54H32O/c1-2-15-33(16-3-1)34-31-48-39-20-12-13-28-50(39)55-54(48)49(32-34)53-45-24-10-8-22-43(45)52(44-23-9-11-25-46(44)53)40-21-7-6-19-37(40)38-29-30-47-36-18-5-4-17-35(36)41-26-14-27-42(38)51(41)47/h1-32H. The fourth-order valence-electron chi connectivity index (χ4n) is 9.50. The summed E-state index contributed by atoms with van der Waals surface area (Å²) in [4.78, 5) is 0. The van der Waals surface area contributed by atoms with E-state index in [1.54, 1.807) is 0 Å². The molecular formula is C54H32O. The highest BCUT2D eigenvalue weighted by atomic mass is 16.3. The maximum atomic E-state index is 6.81. The van der Waals surface area contributed by atoms with Crippen molar-refractivity contribution in [2.75, 3.05) is 0 Å². The van der Waals surface area contributed by atoms with Gasteiger partial charge < -0.3 is 4.42 Å².